The highest BCUT2D eigenvalue weighted by Crippen LogP contribution is 2.55. The third-order valence-electron chi connectivity index (χ3n) is 5.84. The van der Waals surface area contributed by atoms with Crippen LogP contribution >= 0.6 is 0 Å². The Kier molecular flexibility index (Phi) is 5.00. The SMILES string of the molecule is CCOC1(C)C(=O)C(C(=O)c2ccc(S(C)(=O)=O)c(OC)c2C)C(=O)C2CC21. The van der Waals surface area contributed by atoms with Crippen LogP contribution in [-0.4, -0.2) is 51.3 Å². The third kappa shape index (κ3) is 2.99. The van der Waals surface area contributed by atoms with Crippen molar-refractivity contribution in [2.24, 2.45) is 17.8 Å². The molecule has 0 heterocycles. The highest BCUT2D eigenvalue weighted by Gasteiger charge is 2.66. The first-order valence-corrected chi connectivity index (χ1v) is 11.0. The molecule has 4 atom stereocenters. The Morgan fingerprint density at radius 3 is 2.46 bits per heavy atom. The van der Waals surface area contributed by atoms with Gasteiger partial charge in [0.25, 0.3) is 0 Å². The first-order chi connectivity index (χ1) is 13.0. The van der Waals surface area contributed by atoms with Crippen molar-refractivity contribution in [2.75, 3.05) is 20.0 Å². The van der Waals surface area contributed by atoms with Crippen LogP contribution in [0, 0.1) is 24.7 Å². The van der Waals surface area contributed by atoms with Crippen LogP contribution in [0.5, 0.6) is 5.75 Å². The van der Waals surface area contributed by atoms with Crippen molar-refractivity contribution in [1.29, 1.82) is 0 Å². The summed E-state index contributed by atoms with van der Waals surface area (Å²) in [5, 5.41) is 0. The molecule has 2 aliphatic rings. The molecule has 152 valence electrons. The van der Waals surface area contributed by atoms with E-state index in [2.05, 4.69) is 0 Å². The second-order valence-electron chi connectivity index (χ2n) is 7.59. The molecule has 0 spiro atoms. The van der Waals surface area contributed by atoms with E-state index in [1.165, 1.54) is 19.2 Å². The van der Waals surface area contributed by atoms with Crippen LogP contribution in [0.4, 0.5) is 0 Å². The van der Waals surface area contributed by atoms with Crippen molar-refractivity contribution in [3.05, 3.63) is 23.3 Å². The minimum Gasteiger partial charge on any atom is -0.495 e. The number of ketones is 3. The molecule has 28 heavy (non-hydrogen) atoms. The Balaban J connectivity index is 2.07. The lowest BCUT2D eigenvalue weighted by Crippen LogP contribution is -2.54. The number of fused-ring (bicyclic) bond motifs is 1. The lowest BCUT2D eigenvalue weighted by Gasteiger charge is -2.35. The van der Waals surface area contributed by atoms with Crippen LogP contribution in [0.3, 0.4) is 0 Å². The van der Waals surface area contributed by atoms with Gasteiger partial charge in [-0.15, -0.1) is 0 Å². The maximum absolute atomic E-state index is 13.2. The summed E-state index contributed by atoms with van der Waals surface area (Å²) in [6.07, 6.45) is 1.58. The van der Waals surface area contributed by atoms with E-state index >= 15 is 0 Å². The summed E-state index contributed by atoms with van der Waals surface area (Å²) in [7, 11) is -2.27. The van der Waals surface area contributed by atoms with Crippen LogP contribution in [0.25, 0.3) is 0 Å². The van der Waals surface area contributed by atoms with Crippen LogP contribution in [0.15, 0.2) is 17.0 Å². The Labute approximate surface area is 164 Å². The lowest BCUT2D eigenvalue weighted by atomic mass is 9.73. The summed E-state index contributed by atoms with van der Waals surface area (Å²) in [6.45, 7) is 5.26. The highest BCUT2D eigenvalue weighted by atomic mass is 32.2. The zero-order chi connectivity index (χ0) is 21.0. The number of sulfone groups is 1. The number of carbonyl (C=O) groups excluding carboxylic acids is 3. The number of Topliss-reactive ketones (excluding diaryl/α,β-unsaturated/α-hetero) is 3. The zero-order valence-electron chi connectivity index (χ0n) is 16.6. The van der Waals surface area contributed by atoms with E-state index in [0.29, 0.717) is 13.0 Å². The molecular weight excluding hydrogens is 384 g/mol. The van der Waals surface area contributed by atoms with Crippen molar-refractivity contribution >= 4 is 27.2 Å². The monoisotopic (exact) mass is 408 g/mol. The molecule has 0 aliphatic heterocycles. The number of ether oxygens (including phenoxy) is 2. The number of carbonyl (C=O) groups is 3. The third-order valence-corrected chi connectivity index (χ3v) is 6.97. The molecule has 8 heteroatoms. The van der Waals surface area contributed by atoms with Gasteiger partial charge in [-0.3, -0.25) is 14.4 Å². The van der Waals surface area contributed by atoms with Crippen molar-refractivity contribution in [1.82, 2.24) is 0 Å². The van der Waals surface area contributed by atoms with E-state index in [1.807, 2.05) is 0 Å². The van der Waals surface area contributed by atoms with Gasteiger partial charge in [0.2, 0.25) is 0 Å². The quantitative estimate of drug-likeness (QED) is 0.522. The summed E-state index contributed by atoms with van der Waals surface area (Å²) < 4.78 is 34.8. The predicted molar refractivity (Wildman–Crippen MR) is 100 cm³/mol. The second-order valence-corrected chi connectivity index (χ2v) is 9.58. The summed E-state index contributed by atoms with van der Waals surface area (Å²) in [5.41, 5.74) is -0.765. The van der Waals surface area contributed by atoms with Gasteiger partial charge >= 0.3 is 0 Å². The first-order valence-electron chi connectivity index (χ1n) is 9.12. The van der Waals surface area contributed by atoms with Crippen LogP contribution in [0.1, 0.15) is 36.2 Å². The zero-order valence-corrected chi connectivity index (χ0v) is 17.4. The highest BCUT2D eigenvalue weighted by molar-refractivity contribution is 7.90. The summed E-state index contributed by atoms with van der Waals surface area (Å²) in [4.78, 5) is 39.0. The number of hydrogen-bond donors (Lipinski definition) is 0. The smallest absolute Gasteiger partial charge is 0.182 e. The molecule has 3 rings (SSSR count). The molecule has 0 N–H and O–H groups in total. The van der Waals surface area contributed by atoms with Gasteiger partial charge in [-0.2, -0.15) is 0 Å². The minimum absolute atomic E-state index is 0.0425. The van der Waals surface area contributed by atoms with Crippen LogP contribution in [0.2, 0.25) is 0 Å². The Morgan fingerprint density at radius 1 is 1.29 bits per heavy atom. The maximum Gasteiger partial charge on any atom is 0.182 e. The molecule has 1 aromatic rings. The Bertz CT molecular complexity index is 979. The fraction of sp³-hybridized carbons (Fsp3) is 0.550. The van der Waals surface area contributed by atoms with Crippen LogP contribution < -0.4 is 4.74 Å². The van der Waals surface area contributed by atoms with Gasteiger partial charge in [0.15, 0.2) is 27.2 Å². The topological polar surface area (TPSA) is 104 Å². The first kappa shape index (κ1) is 20.7. The van der Waals surface area contributed by atoms with Gasteiger partial charge in [-0.1, -0.05) is 0 Å². The maximum atomic E-state index is 13.2. The fourth-order valence-corrected chi connectivity index (χ4v) is 5.18. The molecule has 0 radical (unpaired) electrons. The minimum atomic E-state index is -3.58. The van der Waals surface area contributed by atoms with Crippen molar-refractivity contribution in [3.8, 4) is 5.75 Å². The molecule has 0 bridgehead atoms. The van der Waals surface area contributed by atoms with Gasteiger partial charge < -0.3 is 9.47 Å². The average molecular weight is 408 g/mol. The normalized spacial score (nSPS) is 29.4. The standard InChI is InChI=1S/C20H24O7S/c1-6-27-20(3)13-9-12(13)17(22)15(19(20)23)16(21)11-7-8-14(28(5,24)25)18(26-4)10(11)2/h7-8,12-13,15H,6,9H2,1-5H3. The number of hydrogen-bond acceptors (Lipinski definition) is 7. The van der Waals surface area contributed by atoms with E-state index in [1.54, 1.807) is 20.8 Å². The van der Waals surface area contributed by atoms with E-state index in [4.69, 9.17) is 9.47 Å². The predicted octanol–water partition coefficient (Wildman–Crippen LogP) is 1.79. The van der Waals surface area contributed by atoms with Crippen molar-refractivity contribution in [3.63, 3.8) is 0 Å². The van der Waals surface area contributed by atoms with Gasteiger partial charge in [0.05, 0.1) is 7.11 Å². The molecule has 0 saturated heterocycles. The number of rotatable bonds is 6. The Hall–Kier alpha value is -2.06. The van der Waals surface area contributed by atoms with Crippen molar-refractivity contribution < 1.29 is 32.3 Å². The summed E-state index contributed by atoms with van der Waals surface area (Å²) in [5.74, 6) is -3.45. The molecule has 2 saturated carbocycles. The Morgan fingerprint density at radius 2 is 1.93 bits per heavy atom. The van der Waals surface area contributed by atoms with E-state index in [9.17, 15) is 22.8 Å². The van der Waals surface area contributed by atoms with Gasteiger partial charge in [-0.25, -0.2) is 8.42 Å². The average Bonchev–Trinajstić information content (AvgIpc) is 3.41. The molecule has 4 unspecified atom stereocenters. The second kappa shape index (κ2) is 6.77. The van der Waals surface area contributed by atoms with E-state index in [-0.39, 0.29) is 39.4 Å². The fourth-order valence-electron chi connectivity index (χ4n) is 4.29. The summed E-state index contributed by atoms with van der Waals surface area (Å²) in [6, 6.07) is 2.61. The number of methoxy groups -OCH3 is 1. The van der Waals surface area contributed by atoms with Gasteiger partial charge in [0, 0.05) is 35.8 Å². The van der Waals surface area contributed by atoms with Crippen molar-refractivity contribution in [2.45, 2.75) is 37.7 Å². The molecule has 0 amide bonds. The molecule has 1 aromatic carbocycles. The van der Waals surface area contributed by atoms with Gasteiger partial charge in [-0.05, 0) is 39.3 Å². The lowest BCUT2D eigenvalue weighted by molar-refractivity contribution is -0.156. The molecule has 7 nitrogen and oxygen atoms in total. The molecular formula is C20H24O7S. The summed E-state index contributed by atoms with van der Waals surface area (Å²) >= 11 is 0. The molecule has 0 aromatic heterocycles. The van der Waals surface area contributed by atoms with E-state index in [0.717, 1.165) is 6.26 Å². The largest absolute Gasteiger partial charge is 0.495 e. The van der Waals surface area contributed by atoms with E-state index < -0.39 is 32.9 Å². The molecule has 2 fully saturated rings. The van der Waals surface area contributed by atoms with Crippen LogP contribution in [-0.2, 0) is 24.2 Å². The van der Waals surface area contributed by atoms with Gasteiger partial charge in [0.1, 0.15) is 22.2 Å². The molecule has 2 aliphatic carbocycles. The number of benzene rings is 1.